The van der Waals surface area contributed by atoms with Crippen LogP contribution in [0.2, 0.25) is 0 Å². The largest absolute Gasteiger partial charge is 0.298 e. The second kappa shape index (κ2) is 2.16. The number of carbonyl (C=O) groups excluding carboxylic acids is 1. The summed E-state index contributed by atoms with van der Waals surface area (Å²) in [4.78, 5) is 14.8. The molecule has 0 atom stereocenters. The van der Waals surface area contributed by atoms with Crippen molar-refractivity contribution in [2.75, 3.05) is 0 Å². The van der Waals surface area contributed by atoms with Gasteiger partial charge in [-0.2, -0.15) is 0 Å². The maximum atomic E-state index is 10.5. The van der Waals surface area contributed by atoms with E-state index in [1.54, 1.807) is 0 Å². The van der Waals surface area contributed by atoms with Crippen LogP contribution in [0.3, 0.4) is 0 Å². The van der Waals surface area contributed by atoms with Crippen LogP contribution in [-0.4, -0.2) is 11.3 Å². The fourth-order valence-corrected chi connectivity index (χ4v) is 1.67. The molecule has 0 N–H and O–H groups in total. The molecule has 0 bridgehead atoms. The van der Waals surface area contributed by atoms with Crippen molar-refractivity contribution in [3.05, 3.63) is 41.1 Å². The molecule has 2 aromatic rings. The lowest BCUT2D eigenvalue weighted by molar-refractivity contribution is 0.112. The molecule has 0 unspecified atom stereocenters. The smallest absolute Gasteiger partial charge is 0.150 e. The van der Waals surface area contributed by atoms with Gasteiger partial charge in [0.05, 0.1) is 5.52 Å². The van der Waals surface area contributed by atoms with E-state index >= 15 is 0 Å². The van der Waals surface area contributed by atoms with E-state index in [0.717, 1.165) is 18.2 Å². The summed E-state index contributed by atoms with van der Waals surface area (Å²) >= 11 is 0. The van der Waals surface area contributed by atoms with Gasteiger partial charge in [-0.25, -0.2) is 0 Å². The number of aldehydes is 1. The van der Waals surface area contributed by atoms with Gasteiger partial charge in [0.2, 0.25) is 0 Å². The summed E-state index contributed by atoms with van der Waals surface area (Å²) in [7, 11) is 0. The molecule has 62 valence electrons. The molecule has 3 rings (SSSR count). The van der Waals surface area contributed by atoms with Gasteiger partial charge in [0, 0.05) is 23.6 Å². The topological polar surface area (TPSA) is 30.0 Å². The van der Waals surface area contributed by atoms with Crippen molar-refractivity contribution in [3.8, 4) is 0 Å². The van der Waals surface area contributed by atoms with Gasteiger partial charge in [0.1, 0.15) is 6.29 Å². The lowest BCUT2D eigenvalue weighted by Gasteiger charge is -1.95. The summed E-state index contributed by atoms with van der Waals surface area (Å²) in [6.07, 6.45) is 3.82. The second-order valence-corrected chi connectivity index (χ2v) is 3.33. The summed E-state index contributed by atoms with van der Waals surface area (Å²) in [5.74, 6) is 0. The SMILES string of the molecule is O=Cc1ccc2c3c(cnc2c1)C3. The Bertz CT molecular complexity index is 517. The average molecular weight is 169 g/mol. The van der Waals surface area contributed by atoms with Crippen LogP contribution >= 0.6 is 0 Å². The van der Waals surface area contributed by atoms with Crippen molar-refractivity contribution in [1.82, 2.24) is 4.98 Å². The zero-order valence-corrected chi connectivity index (χ0v) is 6.95. The molecule has 0 spiro atoms. The van der Waals surface area contributed by atoms with Crippen LogP contribution < -0.4 is 0 Å². The highest BCUT2D eigenvalue weighted by molar-refractivity contribution is 5.91. The van der Waals surface area contributed by atoms with E-state index in [1.165, 1.54) is 16.5 Å². The standard InChI is InChI=1S/C11H7NO/c13-6-7-1-2-9-10-4-8(10)5-12-11(9)3-7/h1-3,5-6H,4H2. The Balaban J connectivity index is 2.39. The third kappa shape index (κ3) is 0.886. The third-order valence-corrected chi connectivity index (χ3v) is 2.47. The molecule has 13 heavy (non-hydrogen) atoms. The first-order valence-corrected chi connectivity index (χ1v) is 4.24. The summed E-state index contributed by atoms with van der Waals surface area (Å²) < 4.78 is 0. The van der Waals surface area contributed by atoms with Crippen LogP contribution in [0.5, 0.6) is 0 Å². The quantitative estimate of drug-likeness (QED) is 0.521. The van der Waals surface area contributed by atoms with Crippen LogP contribution in [0.1, 0.15) is 21.5 Å². The first kappa shape index (κ1) is 6.78. The lowest BCUT2D eigenvalue weighted by Crippen LogP contribution is -1.81. The van der Waals surface area contributed by atoms with E-state index in [9.17, 15) is 4.79 Å². The molecule has 0 saturated carbocycles. The number of aromatic nitrogens is 1. The summed E-state index contributed by atoms with van der Waals surface area (Å²) in [6, 6.07) is 5.66. The molecule has 1 aromatic heterocycles. The number of benzene rings is 1. The molecule has 1 heterocycles. The van der Waals surface area contributed by atoms with Crippen molar-refractivity contribution in [2.45, 2.75) is 6.42 Å². The summed E-state index contributed by atoms with van der Waals surface area (Å²) in [5, 5.41) is 1.20. The fourth-order valence-electron chi connectivity index (χ4n) is 1.67. The van der Waals surface area contributed by atoms with E-state index in [2.05, 4.69) is 4.98 Å². The number of pyridine rings is 1. The highest BCUT2D eigenvalue weighted by atomic mass is 16.1. The molecular weight excluding hydrogens is 162 g/mol. The van der Waals surface area contributed by atoms with Crippen LogP contribution in [0.25, 0.3) is 10.9 Å². The van der Waals surface area contributed by atoms with Gasteiger partial charge < -0.3 is 0 Å². The van der Waals surface area contributed by atoms with Crippen molar-refractivity contribution >= 4 is 17.2 Å². The van der Waals surface area contributed by atoms with Crippen molar-refractivity contribution in [3.63, 3.8) is 0 Å². The average Bonchev–Trinajstić information content (AvgIpc) is 2.95. The van der Waals surface area contributed by atoms with Crippen LogP contribution in [0.15, 0.2) is 24.4 Å². The Morgan fingerprint density at radius 3 is 3.15 bits per heavy atom. The maximum absolute atomic E-state index is 10.5. The monoisotopic (exact) mass is 169 g/mol. The van der Waals surface area contributed by atoms with Gasteiger partial charge in [-0.1, -0.05) is 12.1 Å². The molecule has 1 aromatic carbocycles. The number of hydrogen-bond donors (Lipinski definition) is 0. The molecule has 0 radical (unpaired) electrons. The molecule has 2 nitrogen and oxygen atoms in total. The molecule has 2 heteroatoms. The van der Waals surface area contributed by atoms with Crippen LogP contribution in [0, 0.1) is 0 Å². The Kier molecular flexibility index (Phi) is 1.13. The maximum Gasteiger partial charge on any atom is 0.150 e. The van der Waals surface area contributed by atoms with Gasteiger partial charge in [0.25, 0.3) is 0 Å². The van der Waals surface area contributed by atoms with E-state index < -0.39 is 0 Å². The highest BCUT2D eigenvalue weighted by Gasteiger charge is 2.19. The number of hydrogen-bond acceptors (Lipinski definition) is 2. The minimum absolute atomic E-state index is 0.695. The number of rotatable bonds is 1. The molecule has 1 aliphatic carbocycles. The van der Waals surface area contributed by atoms with E-state index in [4.69, 9.17) is 0 Å². The molecule has 0 aliphatic heterocycles. The van der Waals surface area contributed by atoms with E-state index in [1.807, 2.05) is 24.4 Å². The van der Waals surface area contributed by atoms with E-state index in [-0.39, 0.29) is 0 Å². The second-order valence-electron chi connectivity index (χ2n) is 3.33. The number of fused-ring (bicyclic) bond motifs is 3. The minimum Gasteiger partial charge on any atom is -0.298 e. The summed E-state index contributed by atoms with van der Waals surface area (Å²) in [6.45, 7) is 0. The van der Waals surface area contributed by atoms with Gasteiger partial charge >= 0.3 is 0 Å². The van der Waals surface area contributed by atoms with Gasteiger partial charge in [-0.3, -0.25) is 9.78 Å². The zero-order valence-electron chi connectivity index (χ0n) is 6.95. The minimum atomic E-state index is 0.695. The summed E-state index contributed by atoms with van der Waals surface area (Å²) in [5.41, 5.74) is 4.36. The van der Waals surface area contributed by atoms with Crippen molar-refractivity contribution in [1.29, 1.82) is 0 Å². The van der Waals surface area contributed by atoms with Gasteiger partial charge in [-0.05, 0) is 17.2 Å². The molecular formula is C11H7NO. The lowest BCUT2D eigenvalue weighted by atomic mass is 10.1. The first-order chi connectivity index (χ1) is 6.38. The van der Waals surface area contributed by atoms with Gasteiger partial charge in [0.15, 0.2) is 0 Å². The Labute approximate surface area is 75.2 Å². The van der Waals surface area contributed by atoms with Crippen LogP contribution in [0.4, 0.5) is 0 Å². The molecule has 0 amide bonds. The fraction of sp³-hybridized carbons (Fsp3) is 0.0909. The zero-order chi connectivity index (χ0) is 8.84. The predicted octanol–water partition coefficient (Wildman–Crippen LogP) is 1.95. The highest BCUT2D eigenvalue weighted by Crippen LogP contribution is 2.33. The van der Waals surface area contributed by atoms with E-state index in [0.29, 0.717) is 5.56 Å². The predicted molar refractivity (Wildman–Crippen MR) is 49.9 cm³/mol. The van der Waals surface area contributed by atoms with Crippen molar-refractivity contribution < 1.29 is 4.79 Å². The Morgan fingerprint density at radius 1 is 1.38 bits per heavy atom. The number of nitrogens with zero attached hydrogens (tertiary/aromatic N) is 1. The molecule has 0 saturated heterocycles. The molecule has 0 fully saturated rings. The van der Waals surface area contributed by atoms with Gasteiger partial charge in [-0.15, -0.1) is 0 Å². The normalized spacial score (nSPS) is 12.6. The number of carbonyl (C=O) groups is 1. The Morgan fingerprint density at radius 2 is 2.31 bits per heavy atom. The molecule has 1 aliphatic rings. The van der Waals surface area contributed by atoms with Crippen molar-refractivity contribution in [2.24, 2.45) is 0 Å². The first-order valence-electron chi connectivity index (χ1n) is 4.24. The Hall–Kier alpha value is -1.70. The third-order valence-electron chi connectivity index (χ3n) is 2.47. The van der Waals surface area contributed by atoms with Crippen LogP contribution in [-0.2, 0) is 6.42 Å².